The van der Waals surface area contributed by atoms with Gasteiger partial charge in [0, 0.05) is 25.5 Å². The molecule has 0 radical (unpaired) electrons. The number of imide groups is 1. The number of ether oxygens (including phenoxy) is 2. The minimum atomic E-state index is -0.395. The Bertz CT molecular complexity index is 978. The van der Waals surface area contributed by atoms with Gasteiger partial charge in [-0.2, -0.15) is 0 Å². The molecule has 1 aromatic carbocycles. The number of methoxy groups -OCH3 is 1. The topological polar surface area (TPSA) is 97.8 Å². The first-order valence-electron chi connectivity index (χ1n) is 9.28. The van der Waals surface area contributed by atoms with E-state index in [-0.39, 0.29) is 24.2 Å². The number of carbonyl (C=O) groups is 3. The van der Waals surface area contributed by atoms with E-state index in [1.165, 1.54) is 13.3 Å². The Hall–Kier alpha value is -3.33. The molecule has 3 amide bonds. The minimum absolute atomic E-state index is 0.0839. The molecule has 30 heavy (non-hydrogen) atoms. The molecule has 1 fully saturated rings. The number of pyridine rings is 1. The second-order valence-electron chi connectivity index (χ2n) is 6.17. The first-order chi connectivity index (χ1) is 14.5. The lowest BCUT2D eigenvalue weighted by molar-refractivity contribution is -0.122. The molecule has 1 N–H and O–H groups in total. The van der Waals surface area contributed by atoms with Crippen LogP contribution in [0.1, 0.15) is 22.8 Å². The monoisotopic (exact) mass is 427 g/mol. The Balaban J connectivity index is 1.63. The molecular formula is C21H21N3O5S. The molecule has 1 aliphatic heterocycles. The fourth-order valence-electron chi connectivity index (χ4n) is 2.77. The van der Waals surface area contributed by atoms with E-state index in [1.54, 1.807) is 42.6 Å². The highest BCUT2D eigenvalue weighted by Crippen LogP contribution is 2.34. The molecule has 0 spiro atoms. The van der Waals surface area contributed by atoms with E-state index in [2.05, 4.69) is 10.3 Å². The van der Waals surface area contributed by atoms with Gasteiger partial charge in [-0.1, -0.05) is 6.07 Å². The molecule has 1 saturated heterocycles. The summed E-state index contributed by atoms with van der Waals surface area (Å²) in [6.07, 6.45) is 4.66. The molecule has 0 aliphatic carbocycles. The number of aromatic nitrogens is 1. The van der Waals surface area contributed by atoms with E-state index in [0.717, 1.165) is 16.7 Å². The second-order valence-corrected chi connectivity index (χ2v) is 7.17. The first kappa shape index (κ1) is 21.4. The summed E-state index contributed by atoms with van der Waals surface area (Å²) >= 11 is 0.864. The van der Waals surface area contributed by atoms with Crippen LogP contribution in [0.5, 0.6) is 11.5 Å². The van der Waals surface area contributed by atoms with Crippen molar-refractivity contribution in [1.82, 2.24) is 15.2 Å². The Morgan fingerprint density at radius 1 is 1.27 bits per heavy atom. The van der Waals surface area contributed by atoms with Crippen molar-refractivity contribution >= 4 is 34.9 Å². The van der Waals surface area contributed by atoms with Crippen LogP contribution in [0, 0.1) is 0 Å². The van der Waals surface area contributed by atoms with Gasteiger partial charge in [-0.25, -0.2) is 0 Å². The largest absolute Gasteiger partial charge is 0.493 e. The quantitative estimate of drug-likeness (QED) is 0.647. The van der Waals surface area contributed by atoms with Crippen LogP contribution in [0.15, 0.2) is 47.6 Å². The Morgan fingerprint density at radius 2 is 2.10 bits per heavy atom. The molecule has 1 aromatic heterocycles. The maximum atomic E-state index is 12.6. The molecule has 9 heteroatoms. The van der Waals surface area contributed by atoms with E-state index in [0.29, 0.717) is 34.1 Å². The molecule has 0 bridgehead atoms. The summed E-state index contributed by atoms with van der Waals surface area (Å²) in [5.41, 5.74) is 1.13. The number of hydrogen-bond donors (Lipinski definition) is 1. The van der Waals surface area contributed by atoms with Gasteiger partial charge in [0.15, 0.2) is 11.5 Å². The van der Waals surface area contributed by atoms with Gasteiger partial charge in [0.05, 0.1) is 24.2 Å². The van der Waals surface area contributed by atoms with E-state index in [4.69, 9.17) is 9.47 Å². The Morgan fingerprint density at radius 3 is 2.80 bits per heavy atom. The number of nitrogens with zero attached hydrogens (tertiary/aromatic N) is 2. The molecule has 8 nitrogen and oxygen atoms in total. The zero-order valence-electron chi connectivity index (χ0n) is 16.6. The van der Waals surface area contributed by atoms with E-state index < -0.39 is 5.91 Å². The normalized spacial score (nSPS) is 14.9. The SMILES string of the molecule is CCOc1ccc(/C=C2\SC(=O)N(CCNC(=O)c3cccnc3)C2=O)cc1OC. The van der Waals surface area contributed by atoms with Crippen LogP contribution >= 0.6 is 11.8 Å². The summed E-state index contributed by atoms with van der Waals surface area (Å²) in [7, 11) is 1.54. The van der Waals surface area contributed by atoms with Crippen molar-refractivity contribution in [3.05, 3.63) is 58.8 Å². The van der Waals surface area contributed by atoms with Crippen molar-refractivity contribution in [3.63, 3.8) is 0 Å². The van der Waals surface area contributed by atoms with Crippen molar-refractivity contribution in [1.29, 1.82) is 0 Å². The molecule has 0 saturated carbocycles. The summed E-state index contributed by atoms with van der Waals surface area (Å²) < 4.78 is 10.8. The zero-order chi connectivity index (χ0) is 21.5. The van der Waals surface area contributed by atoms with E-state index in [9.17, 15) is 14.4 Å². The zero-order valence-corrected chi connectivity index (χ0v) is 17.4. The summed E-state index contributed by atoms with van der Waals surface area (Å²) in [4.78, 5) is 42.2. The standard InChI is InChI=1S/C21H21N3O5S/c1-3-29-16-7-6-14(11-17(16)28-2)12-18-20(26)24(21(27)30-18)10-9-23-19(25)15-5-4-8-22-13-15/h4-8,11-13H,3,9-10H2,1-2H3,(H,23,25)/b18-12-. The van der Waals surface area contributed by atoms with Crippen LogP contribution < -0.4 is 14.8 Å². The Kier molecular flexibility index (Phi) is 7.08. The van der Waals surface area contributed by atoms with Gasteiger partial charge in [0.2, 0.25) is 0 Å². The van der Waals surface area contributed by atoms with E-state index in [1.807, 2.05) is 6.92 Å². The van der Waals surface area contributed by atoms with Crippen LogP contribution in [-0.2, 0) is 4.79 Å². The third-order valence-electron chi connectivity index (χ3n) is 4.20. The molecule has 3 rings (SSSR count). The Labute approximate surface area is 178 Å². The number of rotatable bonds is 8. The third-order valence-corrected chi connectivity index (χ3v) is 5.11. The van der Waals surface area contributed by atoms with Gasteiger partial charge < -0.3 is 14.8 Å². The lowest BCUT2D eigenvalue weighted by Crippen LogP contribution is -2.37. The number of amides is 3. The van der Waals surface area contributed by atoms with Gasteiger partial charge in [-0.05, 0) is 54.6 Å². The number of carbonyl (C=O) groups excluding carboxylic acids is 3. The van der Waals surface area contributed by atoms with Gasteiger partial charge >= 0.3 is 0 Å². The third kappa shape index (κ3) is 4.98. The predicted molar refractivity (Wildman–Crippen MR) is 113 cm³/mol. The summed E-state index contributed by atoms with van der Waals surface area (Å²) in [6, 6.07) is 8.58. The number of benzene rings is 1. The van der Waals surface area contributed by atoms with Gasteiger partial charge in [-0.3, -0.25) is 24.3 Å². The summed E-state index contributed by atoms with van der Waals surface area (Å²) in [5, 5.41) is 2.31. The average molecular weight is 427 g/mol. The molecule has 0 unspecified atom stereocenters. The highest BCUT2D eigenvalue weighted by molar-refractivity contribution is 8.18. The highest BCUT2D eigenvalue weighted by atomic mass is 32.2. The molecule has 2 heterocycles. The highest BCUT2D eigenvalue weighted by Gasteiger charge is 2.34. The van der Waals surface area contributed by atoms with Crippen LogP contribution in [0.25, 0.3) is 6.08 Å². The van der Waals surface area contributed by atoms with Crippen molar-refractivity contribution in [2.45, 2.75) is 6.92 Å². The fourth-order valence-corrected chi connectivity index (χ4v) is 3.64. The lowest BCUT2D eigenvalue weighted by atomic mass is 10.2. The van der Waals surface area contributed by atoms with Gasteiger partial charge in [0.25, 0.3) is 17.1 Å². The second kappa shape index (κ2) is 9.93. The molecule has 1 aliphatic rings. The van der Waals surface area contributed by atoms with Crippen molar-refractivity contribution in [2.75, 3.05) is 26.8 Å². The first-order valence-corrected chi connectivity index (χ1v) is 10.1. The van der Waals surface area contributed by atoms with Crippen LogP contribution in [-0.4, -0.2) is 53.7 Å². The maximum Gasteiger partial charge on any atom is 0.293 e. The van der Waals surface area contributed by atoms with Gasteiger partial charge in [-0.15, -0.1) is 0 Å². The van der Waals surface area contributed by atoms with Crippen molar-refractivity contribution < 1.29 is 23.9 Å². The van der Waals surface area contributed by atoms with Crippen LogP contribution in [0.3, 0.4) is 0 Å². The lowest BCUT2D eigenvalue weighted by Gasteiger charge is -2.13. The van der Waals surface area contributed by atoms with Gasteiger partial charge in [0.1, 0.15) is 0 Å². The summed E-state index contributed by atoms with van der Waals surface area (Å²) in [6.45, 7) is 2.62. The molecule has 156 valence electrons. The van der Waals surface area contributed by atoms with Crippen molar-refractivity contribution in [2.24, 2.45) is 0 Å². The van der Waals surface area contributed by atoms with Crippen molar-refractivity contribution in [3.8, 4) is 11.5 Å². The summed E-state index contributed by atoms with van der Waals surface area (Å²) in [5.74, 6) is 0.443. The maximum absolute atomic E-state index is 12.6. The predicted octanol–water partition coefficient (Wildman–Crippen LogP) is 2.96. The average Bonchev–Trinajstić information content (AvgIpc) is 3.02. The molecular weight excluding hydrogens is 406 g/mol. The number of hydrogen-bond acceptors (Lipinski definition) is 7. The van der Waals surface area contributed by atoms with Crippen LogP contribution in [0.2, 0.25) is 0 Å². The minimum Gasteiger partial charge on any atom is -0.493 e. The fraction of sp³-hybridized carbons (Fsp3) is 0.238. The number of thioether (sulfide) groups is 1. The van der Waals surface area contributed by atoms with Crippen LogP contribution in [0.4, 0.5) is 4.79 Å². The smallest absolute Gasteiger partial charge is 0.293 e. The van der Waals surface area contributed by atoms with E-state index >= 15 is 0 Å². The molecule has 2 aromatic rings. The number of nitrogens with one attached hydrogen (secondary N) is 1. The molecule has 0 atom stereocenters.